The van der Waals surface area contributed by atoms with Crippen molar-refractivity contribution in [2.75, 3.05) is 25.5 Å². The summed E-state index contributed by atoms with van der Waals surface area (Å²) in [6, 6.07) is 20.6. The average molecular weight is 462 g/mol. The number of carbonyl (C=O) groups excluding carboxylic acids is 3. The molecule has 3 amide bonds. The Morgan fingerprint density at radius 3 is 2.36 bits per heavy atom. The number of piperidine rings is 1. The largest absolute Gasteiger partial charge is 0.338 e. The van der Waals surface area contributed by atoms with Crippen molar-refractivity contribution in [2.24, 2.45) is 5.92 Å². The van der Waals surface area contributed by atoms with E-state index in [1.54, 1.807) is 30.1 Å². The predicted octanol–water partition coefficient (Wildman–Crippen LogP) is 4.51. The first-order chi connectivity index (χ1) is 16.0. The van der Waals surface area contributed by atoms with E-state index in [0.717, 1.165) is 10.4 Å². The van der Waals surface area contributed by atoms with Crippen molar-refractivity contribution >= 4 is 34.7 Å². The van der Waals surface area contributed by atoms with Crippen molar-refractivity contribution < 1.29 is 14.4 Å². The summed E-state index contributed by atoms with van der Waals surface area (Å²) in [6.07, 6.45) is 1.21. The molecule has 0 saturated carbocycles. The monoisotopic (exact) mass is 461 g/mol. The second kappa shape index (κ2) is 10.4. The topological polar surface area (TPSA) is 69.7 Å². The minimum atomic E-state index is -0.192. The van der Waals surface area contributed by atoms with E-state index in [-0.39, 0.29) is 23.6 Å². The van der Waals surface area contributed by atoms with Crippen molar-refractivity contribution in [3.63, 3.8) is 0 Å². The number of hydrogen-bond acceptors (Lipinski definition) is 4. The van der Waals surface area contributed by atoms with Gasteiger partial charge in [-0.25, -0.2) is 0 Å². The first-order valence-corrected chi connectivity index (χ1v) is 11.9. The van der Waals surface area contributed by atoms with Crippen LogP contribution in [0, 0.1) is 5.92 Å². The Labute approximate surface area is 197 Å². The van der Waals surface area contributed by atoms with E-state index in [9.17, 15) is 14.4 Å². The van der Waals surface area contributed by atoms with Crippen LogP contribution in [0.15, 0.2) is 72.1 Å². The van der Waals surface area contributed by atoms with E-state index in [4.69, 9.17) is 0 Å². The van der Waals surface area contributed by atoms with Crippen LogP contribution in [-0.4, -0.2) is 47.7 Å². The van der Waals surface area contributed by atoms with Gasteiger partial charge >= 0.3 is 0 Å². The molecule has 2 heterocycles. The zero-order chi connectivity index (χ0) is 23.2. The summed E-state index contributed by atoms with van der Waals surface area (Å²) in [7, 11) is 1.76. The number of thiophene rings is 1. The molecule has 1 fully saturated rings. The van der Waals surface area contributed by atoms with Gasteiger partial charge in [0.1, 0.15) is 0 Å². The lowest BCUT2D eigenvalue weighted by Gasteiger charge is -2.31. The second-order valence-corrected chi connectivity index (χ2v) is 9.17. The van der Waals surface area contributed by atoms with Crippen molar-refractivity contribution in [3.8, 4) is 0 Å². The Bertz CT molecular complexity index is 1110. The highest BCUT2D eigenvalue weighted by atomic mass is 32.1. The van der Waals surface area contributed by atoms with E-state index in [0.29, 0.717) is 43.7 Å². The molecule has 1 aliphatic heterocycles. The highest BCUT2D eigenvalue weighted by molar-refractivity contribution is 7.12. The molecular formula is C26H27N3O3S. The first-order valence-electron chi connectivity index (χ1n) is 11.0. The van der Waals surface area contributed by atoms with Crippen LogP contribution in [0.4, 0.5) is 5.69 Å². The molecule has 0 unspecified atom stereocenters. The van der Waals surface area contributed by atoms with E-state index < -0.39 is 0 Å². The Morgan fingerprint density at radius 1 is 0.970 bits per heavy atom. The molecule has 0 atom stereocenters. The van der Waals surface area contributed by atoms with Crippen LogP contribution in [0.5, 0.6) is 0 Å². The molecule has 1 aromatic heterocycles. The standard InChI is InChI=1S/C26H27N3O3S/c1-28(18-19-8-3-2-4-9-19)25(31)21-10-5-6-11-22(21)27-24(30)20-13-15-29(16-14-20)26(32)23-12-7-17-33-23/h2-12,17,20H,13-16,18H2,1H3,(H,27,30). The molecule has 7 heteroatoms. The minimum Gasteiger partial charge on any atom is -0.338 e. The lowest BCUT2D eigenvalue weighted by Crippen LogP contribution is -2.41. The fraction of sp³-hybridized carbons (Fsp3) is 0.269. The summed E-state index contributed by atoms with van der Waals surface area (Å²) in [5, 5.41) is 4.86. The molecule has 0 aliphatic carbocycles. The second-order valence-electron chi connectivity index (χ2n) is 8.23. The minimum absolute atomic E-state index is 0.0289. The fourth-order valence-corrected chi connectivity index (χ4v) is 4.74. The normalized spacial score (nSPS) is 14.0. The predicted molar refractivity (Wildman–Crippen MR) is 130 cm³/mol. The number of nitrogens with one attached hydrogen (secondary N) is 1. The number of hydrogen-bond donors (Lipinski definition) is 1. The number of carbonyl (C=O) groups is 3. The molecule has 2 aromatic carbocycles. The van der Waals surface area contributed by atoms with Gasteiger partial charge in [0, 0.05) is 32.6 Å². The van der Waals surface area contributed by atoms with Crippen LogP contribution >= 0.6 is 11.3 Å². The van der Waals surface area contributed by atoms with Gasteiger partial charge in [-0.2, -0.15) is 0 Å². The maximum Gasteiger partial charge on any atom is 0.263 e. The van der Waals surface area contributed by atoms with E-state index in [1.807, 2.05) is 58.8 Å². The smallest absolute Gasteiger partial charge is 0.263 e. The number of rotatable bonds is 6. The number of anilines is 1. The molecule has 6 nitrogen and oxygen atoms in total. The highest BCUT2D eigenvalue weighted by Crippen LogP contribution is 2.24. The summed E-state index contributed by atoms with van der Waals surface area (Å²) in [5.74, 6) is -0.417. The number of benzene rings is 2. The molecule has 0 radical (unpaired) electrons. The van der Waals surface area contributed by atoms with Gasteiger partial charge in [0.25, 0.3) is 11.8 Å². The average Bonchev–Trinajstić information content (AvgIpc) is 3.39. The summed E-state index contributed by atoms with van der Waals surface area (Å²) >= 11 is 1.43. The van der Waals surface area contributed by atoms with Crippen molar-refractivity contribution in [3.05, 3.63) is 88.1 Å². The molecular weight excluding hydrogens is 434 g/mol. The van der Waals surface area contributed by atoms with E-state index in [2.05, 4.69) is 5.32 Å². The number of para-hydroxylation sites is 1. The fourth-order valence-electron chi connectivity index (χ4n) is 4.05. The van der Waals surface area contributed by atoms with Crippen LogP contribution in [0.2, 0.25) is 0 Å². The summed E-state index contributed by atoms with van der Waals surface area (Å²) in [6.45, 7) is 1.59. The number of nitrogens with zero attached hydrogens (tertiary/aromatic N) is 2. The molecule has 0 bridgehead atoms. The molecule has 170 valence electrons. The molecule has 0 spiro atoms. The number of amides is 3. The lowest BCUT2D eigenvalue weighted by atomic mass is 9.95. The Balaban J connectivity index is 1.37. The maximum atomic E-state index is 13.1. The summed E-state index contributed by atoms with van der Waals surface area (Å²) in [5.41, 5.74) is 2.03. The molecule has 3 aromatic rings. The van der Waals surface area contributed by atoms with Crippen molar-refractivity contribution in [1.29, 1.82) is 0 Å². The highest BCUT2D eigenvalue weighted by Gasteiger charge is 2.29. The van der Waals surface area contributed by atoms with Gasteiger partial charge in [0.05, 0.1) is 16.1 Å². The molecule has 1 aliphatic rings. The summed E-state index contributed by atoms with van der Waals surface area (Å²) in [4.78, 5) is 42.8. The van der Waals surface area contributed by atoms with Gasteiger partial charge in [-0.1, -0.05) is 48.5 Å². The Kier molecular flexibility index (Phi) is 7.19. The van der Waals surface area contributed by atoms with Crippen molar-refractivity contribution in [1.82, 2.24) is 9.80 Å². The SMILES string of the molecule is CN(Cc1ccccc1)C(=O)c1ccccc1NC(=O)C1CCN(C(=O)c2cccs2)CC1. The van der Waals surface area contributed by atoms with Gasteiger partial charge < -0.3 is 15.1 Å². The molecule has 33 heavy (non-hydrogen) atoms. The van der Waals surface area contributed by atoms with Crippen LogP contribution in [0.1, 0.15) is 38.4 Å². The third-order valence-electron chi connectivity index (χ3n) is 5.91. The van der Waals surface area contributed by atoms with Gasteiger partial charge in [-0.3, -0.25) is 14.4 Å². The quantitative estimate of drug-likeness (QED) is 0.587. The van der Waals surface area contributed by atoms with E-state index in [1.165, 1.54) is 11.3 Å². The van der Waals surface area contributed by atoms with Gasteiger partial charge in [-0.15, -0.1) is 11.3 Å². The molecule has 1 N–H and O–H groups in total. The van der Waals surface area contributed by atoms with E-state index >= 15 is 0 Å². The van der Waals surface area contributed by atoms with Crippen LogP contribution in [0.25, 0.3) is 0 Å². The molecule has 1 saturated heterocycles. The van der Waals surface area contributed by atoms with Crippen molar-refractivity contribution in [2.45, 2.75) is 19.4 Å². The van der Waals surface area contributed by atoms with Crippen LogP contribution in [-0.2, 0) is 11.3 Å². The third kappa shape index (κ3) is 5.49. The third-order valence-corrected chi connectivity index (χ3v) is 6.77. The molecule has 4 rings (SSSR count). The summed E-state index contributed by atoms with van der Waals surface area (Å²) < 4.78 is 0. The lowest BCUT2D eigenvalue weighted by molar-refractivity contribution is -0.121. The Hall–Kier alpha value is -3.45. The van der Waals surface area contributed by atoms with Gasteiger partial charge in [0.15, 0.2) is 0 Å². The zero-order valence-electron chi connectivity index (χ0n) is 18.6. The van der Waals surface area contributed by atoms with Crippen LogP contribution < -0.4 is 5.32 Å². The Morgan fingerprint density at radius 2 is 1.67 bits per heavy atom. The first kappa shape index (κ1) is 22.7. The van der Waals surface area contributed by atoms with Gasteiger partial charge in [0.2, 0.25) is 5.91 Å². The van der Waals surface area contributed by atoms with Crippen LogP contribution in [0.3, 0.4) is 0 Å². The zero-order valence-corrected chi connectivity index (χ0v) is 19.4. The number of likely N-dealkylation sites (tertiary alicyclic amines) is 1. The van der Waals surface area contributed by atoms with Gasteiger partial charge in [-0.05, 0) is 42.0 Å². The maximum absolute atomic E-state index is 13.1.